The molecule has 0 atom stereocenters. The van der Waals surface area contributed by atoms with E-state index in [4.69, 9.17) is 23.7 Å². The van der Waals surface area contributed by atoms with Crippen LogP contribution in [0.4, 0.5) is 5.69 Å². The van der Waals surface area contributed by atoms with Gasteiger partial charge in [0.1, 0.15) is 29.6 Å². The van der Waals surface area contributed by atoms with Crippen molar-refractivity contribution in [2.75, 3.05) is 45.4 Å². The van der Waals surface area contributed by atoms with Gasteiger partial charge in [-0.15, -0.1) is 0 Å². The van der Waals surface area contributed by atoms with Gasteiger partial charge in [-0.05, 0) is 40.8 Å². The predicted molar refractivity (Wildman–Crippen MR) is 168 cm³/mol. The minimum absolute atomic E-state index is 0.355. The van der Waals surface area contributed by atoms with Crippen LogP contribution in [0, 0.1) is 0 Å². The Morgan fingerprint density at radius 2 is 1.49 bits per heavy atom. The summed E-state index contributed by atoms with van der Waals surface area (Å²) < 4.78 is 29.2. The molecule has 7 heteroatoms. The quantitative estimate of drug-likeness (QED) is 0.164. The number of benzene rings is 5. The molecular weight excluding hydrogens is 542 g/mol. The van der Waals surface area contributed by atoms with Crippen LogP contribution < -0.4 is 23.8 Å². The maximum Gasteiger partial charge on any atom is 0.298 e. The van der Waals surface area contributed by atoms with E-state index in [1.807, 2.05) is 84.9 Å². The molecule has 7 nitrogen and oxygen atoms in total. The smallest absolute Gasteiger partial charge is 0.298 e. The van der Waals surface area contributed by atoms with Crippen LogP contribution in [0.25, 0.3) is 33.0 Å². The third-order valence-electron chi connectivity index (χ3n) is 7.70. The van der Waals surface area contributed by atoms with Gasteiger partial charge in [-0.3, -0.25) is 4.79 Å². The molecule has 0 aliphatic carbocycles. The van der Waals surface area contributed by atoms with Crippen LogP contribution in [0.3, 0.4) is 0 Å². The molecular formula is C36H33NO6. The number of hydrogen-bond acceptors (Lipinski definition) is 7. The first kappa shape index (κ1) is 28.1. The fourth-order valence-electron chi connectivity index (χ4n) is 5.61. The van der Waals surface area contributed by atoms with Gasteiger partial charge < -0.3 is 28.6 Å². The lowest BCUT2D eigenvalue weighted by atomic mass is 9.91. The Bertz CT molecular complexity index is 1720. The Morgan fingerprint density at radius 3 is 2.19 bits per heavy atom. The van der Waals surface area contributed by atoms with Crippen molar-refractivity contribution in [3.8, 4) is 45.3 Å². The number of hydrogen-bond donors (Lipinski definition) is 0. The van der Waals surface area contributed by atoms with Gasteiger partial charge in [0.15, 0.2) is 0 Å². The van der Waals surface area contributed by atoms with Crippen LogP contribution in [0.15, 0.2) is 97.1 Å². The van der Waals surface area contributed by atoms with Crippen molar-refractivity contribution >= 4 is 22.9 Å². The first-order valence-corrected chi connectivity index (χ1v) is 14.2. The maximum atomic E-state index is 11.8. The fourth-order valence-corrected chi connectivity index (χ4v) is 5.61. The van der Waals surface area contributed by atoms with Crippen molar-refractivity contribution in [2.24, 2.45) is 0 Å². The second-order valence-electron chi connectivity index (χ2n) is 10.2. The van der Waals surface area contributed by atoms with Crippen molar-refractivity contribution in [3.63, 3.8) is 0 Å². The summed E-state index contributed by atoms with van der Waals surface area (Å²) in [6.45, 7) is 3.55. The normalized spacial score (nSPS) is 13.0. The Kier molecular flexibility index (Phi) is 8.42. The Morgan fingerprint density at radius 1 is 0.744 bits per heavy atom. The van der Waals surface area contributed by atoms with E-state index in [-0.39, 0.29) is 0 Å². The molecule has 0 bridgehead atoms. The lowest BCUT2D eigenvalue weighted by molar-refractivity contribution is -0.120. The molecule has 1 aliphatic heterocycles. The molecule has 0 radical (unpaired) electrons. The van der Waals surface area contributed by atoms with E-state index in [2.05, 4.69) is 17.0 Å². The largest absolute Gasteiger partial charge is 0.497 e. The van der Waals surface area contributed by atoms with E-state index < -0.39 is 0 Å². The number of ether oxygens (including phenoxy) is 5. The van der Waals surface area contributed by atoms with Gasteiger partial charge >= 0.3 is 0 Å². The molecule has 0 aromatic heterocycles. The van der Waals surface area contributed by atoms with Crippen LogP contribution in [-0.4, -0.2) is 47.0 Å². The summed E-state index contributed by atoms with van der Waals surface area (Å²) in [5.41, 5.74) is 5.72. The molecule has 0 saturated carbocycles. The number of anilines is 1. The molecule has 5 aromatic carbocycles. The Hall–Kier alpha value is -5.01. The number of nitrogens with zero attached hydrogens (tertiary/aromatic N) is 1. The number of morpholine rings is 1. The van der Waals surface area contributed by atoms with E-state index in [0.29, 0.717) is 49.3 Å². The molecule has 6 rings (SSSR count). The van der Waals surface area contributed by atoms with Gasteiger partial charge in [-0.25, -0.2) is 0 Å². The highest BCUT2D eigenvalue weighted by Gasteiger charge is 2.24. The standard InChI is InChI=1S/C36H33NO6/c1-39-27-13-14-28(33(19-27)40-2)29-20-30-31(21-32(29)37-15-17-41-18-16-37)36(26-11-7-4-8-12-26)35(43-24-38)22-34(30)42-23-25-9-5-3-6-10-25/h3-14,19-22,24H,15-18,23H2,1-2H3. The summed E-state index contributed by atoms with van der Waals surface area (Å²) in [5, 5.41) is 1.80. The molecule has 1 aliphatic rings. The zero-order chi connectivity index (χ0) is 29.6. The summed E-state index contributed by atoms with van der Waals surface area (Å²) in [6, 6.07) is 32.0. The number of rotatable bonds is 10. The maximum absolute atomic E-state index is 11.8. The van der Waals surface area contributed by atoms with E-state index in [0.717, 1.165) is 57.4 Å². The third-order valence-corrected chi connectivity index (χ3v) is 7.70. The Labute approximate surface area is 251 Å². The van der Waals surface area contributed by atoms with Crippen molar-refractivity contribution in [2.45, 2.75) is 6.61 Å². The zero-order valence-electron chi connectivity index (χ0n) is 24.2. The predicted octanol–water partition coefficient (Wildman–Crippen LogP) is 7.14. The molecule has 0 N–H and O–H groups in total. The monoisotopic (exact) mass is 575 g/mol. The fraction of sp³-hybridized carbons (Fsp3) is 0.194. The number of carbonyl (C=O) groups is 1. The number of carbonyl (C=O) groups excluding carboxylic acids is 1. The second kappa shape index (κ2) is 12.9. The van der Waals surface area contributed by atoms with Crippen molar-refractivity contribution in [3.05, 3.63) is 103 Å². The lowest BCUT2D eigenvalue weighted by Crippen LogP contribution is -2.36. The molecule has 0 unspecified atom stereocenters. The van der Waals surface area contributed by atoms with Gasteiger partial charge in [0.05, 0.1) is 27.4 Å². The van der Waals surface area contributed by atoms with Crippen molar-refractivity contribution in [1.29, 1.82) is 0 Å². The van der Waals surface area contributed by atoms with Crippen LogP contribution in [0.2, 0.25) is 0 Å². The molecule has 0 amide bonds. The average Bonchev–Trinajstić information content (AvgIpc) is 3.07. The highest BCUT2D eigenvalue weighted by atomic mass is 16.5. The van der Waals surface area contributed by atoms with Gasteiger partial charge in [0.25, 0.3) is 6.47 Å². The van der Waals surface area contributed by atoms with Crippen LogP contribution in [0.1, 0.15) is 5.56 Å². The lowest BCUT2D eigenvalue weighted by Gasteiger charge is -2.32. The first-order valence-electron chi connectivity index (χ1n) is 14.2. The topological polar surface area (TPSA) is 66.5 Å². The van der Waals surface area contributed by atoms with Crippen LogP contribution in [-0.2, 0) is 16.1 Å². The highest BCUT2D eigenvalue weighted by Crippen LogP contribution is 2.48. The minimum Gasteiger partial charge on any atom is -0.497 e. The average molecular weight is 576 g/mol. The third kappa shape index (κ3) is 5.85. The van der Waals surface area contributed by atoms with Gasteiger partial charge in [-0.2, -0.15) is 0 Å². The molecule has 218 valence electrons. The van der Waals surface area contributed by atoms with Crippen LogP contribution >= 0.6 is 0 Å². The highest BCUT2D eigenvalue weighted by molar-refractivity contribution is 6.08. The molecule has 0 spiro atoms. The van der Waals surface area contributed by atoms with E-state index >= 15 is 0 Å². The number of methoxy groups -OCH3 is 2. The van der Waals surface area contributed by atoms with E-state index in [9.17, 15) is 4.79 Å². The van der Waals surface area contributed by atoms with E-state index in [1.54, 1.807) is 14.2 Å². The van der Waals surface area contributed by atoms with Gasteiger partial charge in [0.2, 0.25) is 0 Å². The van der Waals surface area contributed by atoms with Crippen molar-refractivity contribution < 1.29 is 28.5 Å². The molecule has 1 fully saturated rings. The summed E-state index contributed by atoms with van der Waals surface area (Å²) in [4.78, 5) is 14.1. The zero-order valence-corrected chi connectivity index (χ0v) is 24.2. The summed E-state index contributed by atoms with van der Waals surface area (Å²) >= 11 is 0. The molecule has 1 saturated heterocycles. The van der Waals surface area contributed by atoms with Crippen molar-refractivity contribution in [1.82, 2.24) is 0 Å². The SMILES string of the molecule is COc1ccc(-c2cc3c(OCc4ccccc4)cc(OC=O)c(-c4ccccc4)c3cc2N2CCOCC2)c(OC)c1. The second-order valence-corrected chi connectivity index (χ2v) is 10.2. The molecule has 43 heavy (non-hydrogen) atoms. The van der Waals surface area contributed by atoms with Gasteiger partial charge in [0, 0.05) is 53.0 Å². The number of fused-ring (bicyclic) bond motifs is 1. The summed E-state index contributed by atoms with van der Waals surface area (Å²) in [7, 11) is 3.31. The van der Waals surface area contributed by atoms with E-state index in [1.165, 1.54) is 0 Å². The minimum atomic E-state index is 0.355. The van der Waals surface area contributed by atoms with Gasteiger partial charge in [-0.1, -0.05) is 60.7 Å². The summed E-state index contributed by atoms with van der Waals surface area (Å²) in [6.07, 6.45) is 0. The first-order chi connectivity index (χ1) is 21.2. The molecule has 5 aromatic rings. The summed E-state index contributed by atoms with van der Waals surface area (Å²) in [5.74, 6) is 2.45. The van der Waals surface area contributed by atoms with Crippen LogP contribution in [0.5, 0.6) is 23.0 Å². The Balaban J connectivity index is 1.65. The molecule has 1 heterocycles.